The van der Waals surface area contributed by atoms with Crippen molar-refractivity contribution < 1.29 is 5.11 Å². The molecule has 0 aromatic carbocycles. The van der Waals surface area contributed by atoms with Crippen LogP contribution in [0.1, 0.15) is 4.88 Å². The molecule has 0 unspecified atom stereocenters. The summed E-state index contributed by atoms with van der Waals surface area (Å²) in [6.45, 7) is 1.15. The van der Waals surface area contributed by atoms with Crippen molar-refractivity contribution in [1.82, 2.24) is 5.32 Å². The first-order chi connectivity index (χ1) is 4.81. The van der Waals surface area contributed by atoms with Gasteiger partial charge in [-0.05, 0) is 11.4 Å². The summed E-state index contributed by atoms with van der Waals surface area (Å²) >= 11 is 1.60. The summed E-state index contributed by atoms with van der Waals surface area (Å²) in [5.74, 6) is 0. The average Bonchev–Trinajstić information content (AvgIpc) is 2.33. The lowest BCUT2D eigenvalue weighted by atomic mass is 9.96. The molecular formula is C7H8NOS. The summed E-state index contributed by atoms with van der Waals surface area (Å²) in [7, 11) is 0. The molecule has 1 aromatic rings. The Morgan fingerprint density at radius 3 is 2.80 bits per heavy atom. The van der Waals surface area contributed by atoms with Crippen molar-refractivity contribution >= 4 is 11.3 Å². The van der Waals surface area contributed by atoms with Crippen molar-refractivity contribution in [2.75, 3.05) is 13.1 Å². The van der Waals surface area contributed by atoms with Crippen molar-refractivity contribution in [3.8, 4) is 0 Å². The average molecular weight is 154 g/mol. The summed E-state index contributed by atoms with van der Waals surface area (Å²) in [5.41, 5.74) is -0.603. The van der Waals surface area contributed by atoms with E-state index in [1.165, 1.54) is 0 Å². The van der Waals surface area contributed by atoms with Gasteiger partial charge in [0.15, 0.2) is 0 Å². The summed E-state index contributed by atoms with van der Waals surface area (Å²) in [4.78, 5) is 1.04. The Morgan fingerprint density at radius 2 is 2.40 bits per heavy atom. The maximum Gasteiger partial charge on any atom is 0.127 e. The second kappa shape index (κ2) is 2.05. The van der Waals surface area contributed by atoms with Crippen LogP contribution >= 0.6 is 11.3 Å². The van der Waals surface area contributed by atoms with Gasteiger partial charge in [0, 0.05) is 18.0 Å². The molecule has 1 radical (unpaired) electrons. The molecule has 0 spiro atoms. The van der Waals surface area contributed by atoms with E-state index in [1.54, 1.807) is 11.3 Å². The van der Waals surface area contributed by atoms with Crippen molar-refractivity contribution in [3.63, 3.8) is 0 Å². The highest BCUT2D eigenvalue weighted by atomic mass is 32.1. The molecule has 0 amide bonds. The van der Waals surface area contributed by atoms with Crippen LogP contribution in [0.2, 0.25) is 0 Å². The maximum absolute atomic E-state index is 9.69. The third-order valence-electron chi connectivity index (χ3n) is 1.73. The van der Waals surface area contributed by atoms with Crippen LogP contribution in [0.3, 0.4) is 0 Å². The van der Waals surface area contributed by atoms with E-state index < -0.39 is 5.60 Å². The molecule has 0 bridgehead atoms. The fourth-order valence-corrected chi connectivity index (χ4v) is 1.83. The third kappa shape index (κ3) is 0.785. The zero-order valence-electron chi connectivity index (χ0n) is 5.45. The summed E-state index contributed by atoms with van der Waals surface area (Å²) in [6, 6.07) is 3.91. The summed E-state index contributed by atoms with van der Waals surface area (Å²) < 4.78 is 0. The Hall–Kier alpha value is -0.380. The zero-order valence-corrected chi connectivity index (χ0v) is 6.27. The fraction of sp³-hybridized carbons (Fsp3) is 0.429. The standard InChI is InChI=1S/C7H8NOS/c9-7(4-8-5-7)6-2-1-3-10-6/h1-3,9H,4-5H2. The largest absolute Gasteiger partial charge is 0.381 e. The van der Waals surface area contributed by atoms with Gasteiger partial charge in [0.25, 0.3) is 0 Å². The lowest BCUT2D eigenvalue weighted by Gasteiger charge is -2.34. The molecule has 1 aliphatic heterocycles. The van der Waals surface area contributed by atoms with Crippen LogP contribution in [-0.4, -0.2) is 18.2 Å². The number of rotatable bonds is 1. The normalized spacial score (nSPS) is 22.1. The van der Waals surface area contributed by atoms with Crippen LogP contribution in [0.25, 0.3) is 0 Å². The van der Waals surface area contributed by atoms with Crippen molar-refractivity contribution in [2.24, 2.45) is 0 Å². The van der Waals surface area contributed by atoms with Gasteiger partial charge in [-0.3, -0.25) is 0 Å². The molecule has 1 fully saturated rings. The molecule has 0 saturated carbocycles. The molecule has 1 aromatic heterocycles. The Balaban J connectivity index is 2.27. The molecule has 1 saturated heterocycles. The third-order valence-corrected chi connectivity index (χ3v) is 2.79. The van der Waals surface area contributed by atoms with Gasteiger partial charge in [0.05, 0.1) is 0 Å². The molecule has 0 atom stereocenters. The first kappa shape index (κ1) is 6.34. The van der Waals surface area contributed by atoms with Crippen LogP contribution in [0.15, 0.2) is 17.5 Å². The van der Waals surface area contributed by atoms with Crippen LogP contribution in [0.5, 0.6) is 0 Å². The van der Waals surface area contributed by atoms with E-state index in [2.05, 4.69) is 5.32 Å². The lowest BCUT2D eigenvalue weighted by molar-refractivity contribution is -0.0141. The highest BCUT2D eigenvalue weighted by Crippen LogP contribution is 2.29. The highest BCUT2D eigenvalue weighted by molar-refractivity contribution is 7.10. The van der Waals surface area contributed by atoms with E-state index in [-0.39, 0.29) is 0 Å². The molecule has 1 aliphatic rings. The maximum atomic E-state index is 9.69. The van der Waals surface area contributed by atoms with E-state index in [1.807, 2.05) is 17.5 Å². The van der Waals surface area contributed by atoms with Crippen molar-refractivity contribution in [1.29, 1.82) is 0 Å². The quantitative estimate of drug-likeness (QED) is 0.630. The van der Waals surface area contributed by atoms with Gasteiger partial charge >= 0.3 is 0 Å². The van der Waals surface area contributed by atoms with Crippen molar-refractivity contribution in [3.05, 3.63) is 22.4 Å². The molecule has 53 valence electrons. The molecule has 2 nitrogen and oxygen atoms in total. The van der Waals surface area contributed by atoms with Crippen LogP contribution < -0.4 is 5.32 Å². The Bertz CT molecular complexity index is 216. The van der Waals surface area contributed by atoms with Crippen LogP contribution in [0, 0.1) is 0 Å². The predicted molar refractivity (Wildman–Crippen MR) is 40.1 cm³/mol. The van der Waals surface area contributed by atoms with Crippen LogP contribution in [-0.2, 0) is 5.60 Å². The minimum Gasteiger partial charge on any atom is -0.381 e. The first-order valence-electron chi connectivity index (χ1n) is 3.21. The predicted octanol–water partition coefficient (Wildman–Crippen LogP) is 0.554. The van der Waals surface area contributed by atoms with E-state index in [9.17, 15) is 5.11 Å². The molecule has 2 rings (SSSR count). The number of hydrogen-bond donors (Lipinski definition) is 1. The molecule has 3 heteroatoms. The summed E-state index contributed by atoms with van der Waals surface area (Å²) in [6.07, 6.45) is 0. The second-order valence-electron chi connectivity index (χ2n) is 2.55. The van der Waals surface area contributed by atoms with Gasteiger partial charge in [-0.2, -0.15) is 0 Å². The molecule has 1 N–H and O–H groups in total. The minimum absolute atomic E-state index is 0.577. The zero-order chi connectivity index (χ0) is 7.03. The minimum atomic E-state index is -0.603. The smallest absolute Gasteiger partial charge is 0.127 e. The first-order valence-corrected chi connectivity index (χ1v) is 4.09. The monoisotopic (exact) mass is 154 g/mol. The van der Waals surface area contributed by atoms with Gasteiger partial charge in [0.2, 0.25) is 0 Å². The number of thiophene rings is 1. The molecule has 0 aliphatic carbocycles. The molecule has 10 heavy (non-hydrogen) atoms. The van der Waals surface area contributed by atoms with Gasteiger partial charge in [-0.15, -0.1) is 11.3 Å². The highest BCUT2D eigenvalue weighted by Gasteiger charge is 2.38. The fourth-order valence-electron chi connectivity index (χ4n) is 1.02. The topological polar surface area (TPSA) is 34.3 Å². The van der Waals surface area contributed by atoms with Gasteiger partial charge in [-0.25, -0.2) is 5.32 Å². The Labute approximate surface area is 63.5 Å². The van der Waals surface area contributed by atoms with Gasteiger partial charge in [0.1, 0.15) is 5.60 Å². The molecular weight excluding hydrogens is 146 g/mol. The van der Waals surface area contributed by atoms with E-state index in [0.29, 0.717) is 13.1 Å². The van der Waals surface area contributed by atoms with Crippen LogP contribution in [0.4, 0.5) is 0 Å². The van der Waals surface area contributed by atoms with Crippen molar-refractivity contribution in [2.45, 2.75) is 5.60 Å². The SMILES string of the molecule is OC1(c2cccs2)C[N]C1. The number of aliphatic hydroxyl groups is 1. The second-order valence-corrected chi connectivity index (χ2v) is 3.50. The van der Waals surface area contributed by atoms with E-state index in [4.69, 9.17) is 0 Å². The molecule has 2 heterocycles. The lowest BCUT2D eigenvalue weighted by Crippen LogP contribution is -2.51. The van der Waals surface area contributed by atoms with E-state index in [0.717, 1.165) is 4.88 Å². The summed E-state index contributed by atoms with van der Waals surface area (Å²) in [5, 5.41) is 15.6. The number of hydrogen-bond acceptors (Lipinski definition) is 2. The van der Waals surface area contributed by atoms with Gasteiger partial charge in [-0.1, -0.05) is 6.07 Å². The Kier molecular flexibility index (Phi) is 1.30. The van der Waals surface area contributed by atoms with E-state index >= 15 is 0 Å². The number of nitrogens with zero attached hydrogens (tertiary/aromatic N) is 1. The van der Waals surface area contributed by atoms with Gasteiger partial charge < -0.3 is 5.11 Å². The Morgan fingerprint density at radius 1 is 1.60 bits per heavy atom.